The van der Waals surface area contributed by atoms with E-state index < -0.39 is 0 Å². The zero-order chi connectivity index (χ0) is 35.9. The van der Waals surface area contributed by atoms with Gasteiger partial charge in [0.2, 0.25) is 0 Å². The Balaban J connectivity index is 1.21. The SMILES string of the molecule is CC1c2cc3c4cc(-c5ccccc5)ccc4n(-c4ccccc4)c3cc2-c2cc3c(cc2C1C)c1cc(-c2ccccc2)ccc1n3-c1ccccc1. The average molecular weight is 691 g/mol. The lowest BCUT2D eigenvalue weighted by Crippen LogP contribution is -2.13. The standard InChI is InChI=1S/C52H38N2/c1-33-34(2)42-30-48-46-28-38(36-17-9-4-10-18-36)24-26-50(46)54(40-21-13-6-14-22-40)52(48)32-44(42)43-31-51-47(29-41(33)43)45-27-37(35-15-7-3-8-16-35)23-25-49(45)53(51)39-19-11-5-12-20-39/h3-34H,1-2H3. The quantitative estimate of drug-likeness (QED) is 0.174. The van der Waals surface area contributed by atoms with Crippen LogP contribution in [0.5, 0.6) is 0 Å². The molecule has 2 nitrogen and oxygen atoms in total. The molecular formula is C52H38N2. The lowest BCUT2D eigenvalue weighted by atomic mass is 9.72. The molecule has 11 rings (SSSR count). The summed E-state index contributed by atoms with van der Waals surface area (Å²) in [4.78, 5) is 0. The van der Waals surface area contributed by atoms with Crippen LogP contribution in [-0.2, 0) is 0 Å². The van der Waals surface area contributed by atoms with E-state index in [1.54, 1.807) is 0 Å². The zero-order valence-corrected chi connectivity index (χ0v) is 30.4. The predicted octanol–water partition coefficient (Wildman–Crippen LogP) is 14.1. The Kier molecular flexibility index (Phi) is 6.84. The van der Waals surface area contributed by atoms with Gasteiger partial charge in [0, 0.05) is 32.9 Å². The van der Waals surface area contributed by atoms with Crippen molar-refractivity contribution in [3.63, 3.8) is 0 Å². The van der Waals surface area contributed by atoms with Crippen LogP contribution in [0, 0.1) is 0 Å². The minimum Gasteiger partial charge on any atom is -0.309 e. The fourth-order valence-electron chi connectivity index (χ4n) is 9.25. The van der Waals surface area contributed by atoms with Crippen molar-refractivity contribution < 1.29 is 0 Å². The Morgan fingerprint density at radius 1 is 0.315 bits per heavy atom. The van der Waals surface area contributed by atoms with Crippen molar-refractivity contribution in [2.24, 2.45) is 0 Å². The van der Waals surface area contributed by atoms with Crippen molar-refractivity contribution in [2.45, 2.75) is 25.7 Å². The van der Waals surface area contributed by atoms with Crippen molar-refractivity contribution >= 4 is 43.6 Å². The van der Waals surface area contributed by atoms with E-state index in [-0.39, 0.29) is 0 Å². The second kappa shape index (κ2) is 11.9. The monoisotopic (exact) mass is 690 g/mol. The van der Waals surface area contributed by atoms with Crippen LogP contribution in [0.25, 0.3) is 88.4 Å². The maximum absolute atomic E-state index is 2.52. The smallest absolute Gasteiger partial charge is 0.0547 e. The second-order valence-corrected chi connectivity index (χ2v) is 15.0. The van der Waals surface area contributed by atoms with Gasteiger partial charge in [-0.2, -0.15) is 0 Å². The van der Waals surface area contributed by atoms with Gasteiger partial charge in [0.1, 0.15) is 0 Å². The Labute approximate surface area is 315 Å². The summed E-state index contributed by atoms with van der Waals surface area (Å²) in [6.07, 6.45) is 0. The van der Waals surface area contributed by atoms with E-state index in [0.717, 1.165) is 0 Å². The van der Waals surface area contributed by atoms with Crippen LogP contribution >= 0.6 is 0 Å². The highest BCUT2D eigenvalue weighted by atomic mass is 15.0. The molecule has 2 atom stereocenters. The molecule has 0 spiro atoms. The highest BCUT2D eigenvalue weighted by molar-refractivity contribution is 6.14. The van der Waals surface area contributed by atoms with Crippen LogP contribution in [0.15, 0.2) is 182 Å². The maximum atomic E-state index is 2.52. The fraction of sp³-hybridized carbons (Fsp3) is 0.0769. The van der Waals surface area contributed by atoms with E-state index in [9.17, 15) is 0 Å². The highest BCUT2D eigenvalue weighted by Gasteiger charge is 2.31. The first-order chi connectivity index (χ1) is 26.6. The van der Waals surface area contributed by atoms with Gasteiger partial charge >= 0.3 is 0 Å². The summed E-state index contributed by atoms with van der Waals surface area (Å²) in [7, 11) is 0. The van der Waals surface area contributed by atoms with Crippen LogP contribution in [0.3, 0.4) is 0 Å². The molecule has 0 saturated heterocycles. The van der Waals surface area contributed by atoms with Crippen LogP contribution < -0.4 is 0 Å². The lowest BCUT2D eigenvalue weighted by Gasteiger charge is -2.32. The topological polar surface area (TPSA) is 9.86 Å². The third-order valence-corrected chi connectivity index (χ3v) is 12.1. The molecule has 0 amide bonds. The first-order valence-electron chi connectivity index (χ1n) is 19.1. The first-order valence-corrected chi connectivity index (χ1v) is 19.1. The van der Waals surface area contributed by atoms with Gasteiger partial charge in [-0.25, -0.2) is 0 Å². The van der Waals surface area contributed by atoms with Crippen molar-refractivity contribution in [1.82, 2.24) is 9.13 Å². The first kappa shape index (κ1) is 30.9. The summed E-state index contributed by atoms with van der Waals surface area (Å²) >= 11 is 0. The van der Waals surface area contributed by atoms with E-state index >= 15 is 0 Å². The molecule has 0 fully saturated rings. The number of para-hydroxylation sites is 2. The molecule has 0 radical (unpaired) electrons. The van der Waals surface area contributed by atoms with Crippen molar-refractivity contribution in [2.75, 3.05) is 0 Å². The number of nitrogens with zero attached hydrogens (tertiary/aromatic N) is 2. The van der Waals surface area contributed by atoms with Crippen LogP contribution in [0.1, 0.15) is 36.8 Å². The highest BCUT2D eigenvalue weighted by Crippen LogP contribution is 2.51. The van der Waals surface area contributed by atoms with Crippen molar-refractivity contribution in [3.8, 4) is 44.8 Å². The van der Waals surface area contributed by atoms with Gasteiger partial charge in [0.05, 0.1) is 22.1 Å². The minimum atomic E-state index is 0.351. The molecule has 2 aromatic heterocycles. The van der Waals surface area contributed by atoms with Crippen LogP contribution in [0.4, 0.5) is 0 Å². The van der Waals surface area contributed by atoms with Crippen LogP contribution in [0.2, 0.25) is 0 Å². The van der Waals surface area contributed by atoms with E-state index in [0.29, 0.717) is 11.8 Å². The zero-order valence-electron chi connectivity index (χ0n) is 30.4. The molecule has 54 heavy (non-hydrogen) atoms. The summed E-state index contributed by atoms with van der Waals surface area (Å²) in [5.41, 5.74) is 17.8. The molecule has 0 saturated carbocycles. The number of rotatable bonds is 4. The van der Waals surface area contributed by atoms with Gasteiger partial charge in [-0.3, -0.25) is 0 Å². The van der Waals surface area contributed by atoms with Crippen molar-refractivity contribution in [3.05, 3.63) is 193 Å². The normalized spacial score (nSPS) is 15.2. The Morgan fingerprint density at radius 3 is 1.06 bits per heavy atom. The fourth-order valence-corrected chi connectivity index (χ4v) is 9.25. The van der Waals surface area contributed by atoms with Gasteiger partial charge < -0.3 is 9.13 Å². The largest absolute Gasteiger partial charge is 0.309 e. The molecular weight excluding hydrogens is 653 g/mol. The lowest BCUT2D eigenvalue weighted by molar-refractivity contribution is 0.617. The van der Waals surface area contributed by atoms with Crippen molar-refractivity contribution in [1.29, 1.82) is 0 Å². The van der Waals surface area contributed by atoms with Gasteiger partial charge in [-0.15, -0.1) is 0 Å². The molecule has 2 unspecified atom stereocenters. The summed E-state index contributed by atoms with van der Waals surface area (Å²) in [5, 5.41) is 5.19. The molecule has 0 aliphatic heterocycles. The molecule has 1 aliphatic carbocycles. The summed E-state index contributed by atoms with van der Waals surface area (Å²) in [6, 6.07) is 67.2. The number of fused-ring (bicyclic) bond motifs is 9. The molecule has 8 aromatic carbocycles. The third kappa shape index (κ3) is 4.60. The molecule has 2 heteroatoms. The Morgan fingerprint density at radius 2 is 0.667 bits per heavy atom. The van der Waals surface area contributed by atoms with Gasteiger partial charge in [-0.1, -0.05) is 123 Å². The second-order valence-electron chi connectivity index (χ2n) is 15.0. The molecule has 1 aliphatic rings. The molecule has 2 heterocycles. The minimum absolute atomic E-state index is 0.351. The molecule has 0 N–H and O–H groups in total. The number of hydrogen-bond acceptors (Lipinski definition) is 0. The van der Waals surface area contributed by atoms with E-state index in [1.165, 1.54) is 99.5 Å². The van der Waals surface area contributed by atoms with Gasteiger partial charge in [0.25, 0.3) is 0 Å². The average Bonchev–Trinajstić information content (AvgIpc) is 3.74. The Hall–Kier alpha value is -6.64. The van der Waals surface area contributed by atoms with Crippen LogP contribution in [-0.4, -0.2) is 9.13 Å². The number of hydrogen-bond donors (Lipinski definition) is 0. The van der Waals surface area contributed by atoms with Gasteiger partial charge in [0.15, 0.2) is 0 Å². The number of aromatic nitrogens is 2. The molecule has 256 valence electrons. The predicted molar refractivity (Wildman–Crippen MR) is 228 cm³/mol. The van der Waals surface area contributed by atoms with E-state index in [4.69, 9.17) is 0 Å². The molecule has 0 bridgehead atoms. The number of benzene rings is 8. The van der Waals surface area contributed by atoms with E-state index in [2.05, 4.69) is 205 Å². The Bertz CT molecular complexity index is 2830. The third-order valence-electron chi connectivity index (χ3n) is 12.1. The summed E-state index contributed by atoms with van der Waals surface area (Å²) in [5.74, 6) is 0.702. The van der Waals surface area contributed by atoms with Gasteiger partial charge in [-0.05, 0) is 129 Å². The maximum Gasteiger partial charge on any atom is 0.0547 e. The summed E-state index contributed by atoms with van der Waals surface area (Å²) < 4.78 is 4.93. The summed E-state index contributed by atoms with van der Waals surface area (Å²) in [6.45, 7) is 4.85. The molecule has 10 aromatic rings. The van der Waals surface area contributed by atoms with E-state index in [1.807, 2.05) is 0 Å².